The number of hydrogen-bond donors (Lipinski definition) is 1. The summed E-state index contributed by atoms with van der Waals surface area (Å²) in [5.74, 6) is -0.0178. The molecular formula is C17H21N3O2. The van der Waals surface area contributed by atoms with Crippen molar-refractivity contribution in [2.45, 2.75) is 25.8 Å². The first-order chi connectivity index (χ1) is 10.7. The molecule has 1 aliphatic rings. The Morgan fingerprint density at radius 2 is 2.23 bits per heavy atom. The average molecular weight is 299 g/mol. The first-order valence-electron chi connectivity index (χ1n) is 7.68. The minimum absolute atomic E-state index is 0.0178. The molecule has 1 N–H and O–H groups in total. The molecule has 0 unspecified atom stereocenters. The van der Waals surface area contributed by atoms with Crippen molar-refractivity contribution in [3.05, 3.63) is 53.3 Å². The Balaban J connectivity index is 1.73. The molecule has 22 heavy (non-hydrogen) atoms. The summed E-state index contributed by atoms with van der Waals surface area (Å²) >= 11 is 0. The zero-order valence-electron chi connectivity index (χ0n) is 12.8. The Hall–Kier alpha value is -2.14. The van der Waals surface area contributed by atoms with Gasteiger partial charge in [0.25, 0.3) is 5.91 Å². The normalized spacial score (nSPS) is 17.6. The maximum Gasteiger partial charge on any atom is 0.274 e. The van der Waals surface area contributed by atoms with Crippen LogP contribution in [0.1, 0.15) is 28.2 Å². The topological polar surface area (TPSA) is 58.2 Å². The highest BCUT2D eigenvalue weighted by Crippen LogP contribution is 2.16. The summed E-state index contributed by atoms with van der Waals surface area (Å²) in [5.41, 5.74) is 2.61. The standard InChI is InChI=1S/C17H21N3O2/c1-13-11-16(19-18-13)17(21)20(15-8-10-22-12-15)9-7-14-5-3-2-4-6-14/h2-6,11,15H,7-10,12H2,1H3,(H,18,19)/t15-/m1/s1. The second-order valence-electron chi connectivity index (χ2n) is 5.69. The molecule has 0 spiro atoms. The largest absolute Gasteiger partial charge is 0.379 e. The van der Waals surface area contributed by atoms with E-state index in [-0.39, 0.29) is 11.9 Å². The van der Waals surface area contributed by atoms with E-state index >= 15 is 0 Å². The highest BCUT2D eigenvalue weighted by Gasteiger charge is 2.29. The molecular weight excluding hydrogens is 278 g/mol. The third-order valence-corrected chi connectivity index (χ3v) is 4.02. The van der Waals surface area contributed by atoms with Crippen LogP contribution in [0.4, 0.5) is 0 Å². The van der Waals surface area contributed by atoms with E-state index in [0.717, 1.165) is 25.1 Å². The van der Waals surface area contributed by atoms with Gasteiger partial charge in [-0.3, -0.25) is 9.89 Å². The summed E-state index contributed by atoms with van der Waals surface area (Å²) in [6.45, 7) is 3.92. The van der Waals surface area contributed by atoms with Crippen molar-refractivity contribution in [3.63, 3.8) is 0 Å². The van der Waals surface area contributed by atoms with Crippen molar-refractivity contribution in [1.82, 2.24) is 15.1 Å². The molecule has 1 amide bonds. The lowest BCUT2D eigenvalue weighted by Gasteiger charge is -2.27. The number of aromatic nitrogens is 2. The molecule has 3 rings (SSSR count). The van der Waals surface area contributed by atoms with Crippen molar-refractivity contribution in [1.29, 1.82) is 0 Å². The Morgan fingerprint density at radius 3 is 2.86 bits per heavy atom. The summed E-state index contributed by atoms with van der Waals surface area (Å²) < 4.78 is 5.46. The monoisotopic (exact) mass is 299 g/mol. The van der Waals surface area contributed by atoms with Crippen LogP contribution in [0, 0.1) is 6.92 Å². The van der Waals surface area contributed by atoms with Crippen LogP contribution in [0.5, 0.6) is 0 Å². The number of hydrogen-bond acceptors (Lipinski definition) is 3. The van der Waals surface area contributed by atoms with E-state index in [9.17, 15) is 4.79 Å². The van der Waals surface area contributed by atoms with Crippen LogP contribution < -0.4 is 0 Å². The molecule has 1 fully saturated rings. The minimum atomic E-state index is -0.0178. The number of ether oxygens (including phenoxy) is 1. The molecule has 5 nitrogen and oxygen atoms in total. The lowest BCUT2D eigenvalue weighted by Crippen LogP contribution is -2.42. The van der Waals surface area contributed by atoms with Gasteiger partial charge >= 0.3 is 0 Å². The Morgan fingerprint density at radius 1 is 1.41 bits per heavy atom. The van der Waals surface area contributed by atoms with E-state index in [4.69, 9.17) is 4.74 Å². The van der Waals surface area contributed by atoms with Crippen molar-refractivity contribution < 1.29 is 9.53 Å². The Bertz CT molecular complexity index is 618. The number of amides is 1. The maximum absolute atomic E-state index is 12.8. The van der Waals surface area contributed by atoms with Crippen LogP contribution in [-0.2, 0) is 11.2 Å². The van der Waals surface area contributed by atoms with Crippen molar-refractivity contribution >= 4 is 5.91 Å². The molecule has 1 aromatic heterocycles. The molecule has 1 atom stereocenters. The molecule has 0 aliphatic carbocycles. The van der Waals surface area contributed by atoms with Gasteiger partial charge in [-0.1, -0.05) is 30.3 Å². The molecule has 0 radical (unpaired) electrons. The van der Waals surface area contributed by atoms with E-state index in [1.54, 1.807) is 6.07 Å². The van der Waals surface area contributed by atoms with Crippen LogP contribution >= 0.6 is 0 Å². The van der Waals surface area contributed by atoms with Gasteiger partial charge in [-0.2, -0.15) is 5.10 Å². The predicted octanol–water partition coefficient (Wildman–Crippen LogP) is 2.19. The first kappa shape index (κ1) is 14.8. The lowest BCUT2D eigenvalue weighted by molar-refractivity contribution is 0.0650. The minimum Gasteiger partial charge on any atom is -0.379 e. The van der Waals surface area contributed by atoms with Gasteiger partial charge < -0.3 is 9.64 Å². The summed E-state index contributed by atoms with van der Waals surface area (Å²) in [4.78, 5) is 14.7. The first-order valence-corrected chi connectivity index (χ1v) is 7.68. The van der Waals surface area contributed by atoms with Crippen molar-refractivity contribution in [3.8, 4) is 0 Å². The van der Waals surface area contributed by atoms with Gasteiger partial charge in [0.05, 0.1) is 12.6 Å². The summed E-state index contributed by atoms with van der Waals surface area (Å²) in [5, 5.41) is 6.95. The van der Waals surface area contributed by atoms with Crippen molar-refractivity contribution in [2.75, 3.05) is 19.8 Å². The molecule has 0 bridgehead atoms. The molecule has 0 saturated carbocycles. The summed E-state index contributed by atoms with van der Waals surface area (Å²) in [6.07, 6.45) is 1.73. The zero-order valence-corrected chi connectivity index (χ0v) is 12.8. The van der Waals surface area contributed by atoms with Gasteiger partial charge in [0, 0.05) is 18.8 Å². The second kappa shape index (κ2) is 6.75. The number of carbonyl (C=O) groups excluding carboxylic acids is 1. The number of carbonyl (C=O) groups is 1. The quantitative estimate of drug-likeness (QED) is 0.920. The maximum atomic E-state index is 12.8. The second-order valence-corrected chi connectivity index (χ2v) is 5.69. The molecule has 1 saturated heterocycles. The summed E-state index contributed by atoms with van der Waals surface area (Å²) in [6, 6.07) is 12.2. The lowest BCUT2D eigenvalue weighted by atomic mass is 10.1. The van der Waals surface area contributed by atoms with Crippen LogP contribution in [0.25, 0.3) is 0 Å². The number of aromatic amines is 1. The van der Waals surface area contributed by atoms with Crippen molar-refractivity contribution in [2.24, 2.45) is 0 Å². The van der Waals surface area contributed by atoms with Gasteiger partial charge in [0.2, 0.25) is 0 Å². The fraction of sp³-hybridized carbons (Fsp3) is 0.412. The number of nitrogens with one attached hydrogen (secondary N) is 1. The SMILES string of the molecule is Cc1cc(C(=O)N(CCc2ccccc2)[C@@H]2CCOC2)n[nH]1. The Kier molecular flexibility index (Phi) is 4.53. The zero-order chi connectivity index (χ0) is 15.4. The third kappa shape index (κ3) is 3.36. The molecule has 5 heteroatoms. The number of rotatable bonds is 5. The Labute approximate surface area is 130 Å². The van der Waals surface area contributed by atoms with E-state index in [1.807, 2.05) is 30.0 Å². The third-order valence-electron chi connectivity index (χ3n) is 4.02. The molecule has 2 aromatic rings. The highest BCUT2D eigenvalue weighted by molar-refractivity contribution is 5.92. The van der Waals surface area contributed by atoms with Gasteiger partial charge in [0.1, 0.15) is 5.69 Å². The number of H-pyrrole nitrogens is 1. The fourth-order valence-electron chi connectivity index (χ4n) is 2.79. The number of aryl methyl sites for hydroxylation is 1. The molecule has 1 aliphatic heterocycles. The van der Waals surface area contributed by atoms with Crippen LogP contribution in [0.3, 0.4) is 0 Å². The van der Waals surface area contributed by atoms with E-state index < -0.39 is 0 Å². The number of nitrogens with zero attached hydrogens (tertiary/aromatic N) is 2. The van der Waals surface area contributed by atoms with Crippen LogP contribution in [-0.4, -0.2) is 46.8 Å². The van der Waals surface area contributed by atoms with Gasteiger partial charge in [-0.15, -0.1) is 0 Å². The average Bonchev–Trinajstić information content (AvgIpc) is 3.20. The van der Waals surface area contributed by atoms with Crippen LogP contribution in [0.2, 0.25) is 0 Å². The van der Waals surface area contributed by atoms with E-state index in [0.29, 0.717) is 18.8 Å². The number of benzene rings is 1. The highest BCUT2D eigenvalue weighted by atomic mass is 16.5. The van der Waals surface area contributed by atoms with E-state index in [2.05, 4.69) is 22.3 Å². The van der Waals surface area contributed by atoms with Gasteiger partial charge in [-0.05, 0) is 31.4 Å². The summed E-state index contributed by atoms with van der Waals surface area (Å²) in [7, 11) is 0. The van der Waals surface area contributed by atoms with Gasteiger partial charge in [0.15, 0.2) is 0 Å². The van der Waals surface area contributed by atoms with Gasteiger partial charge in [-0.25, -0.2) is 0 Å². The smallest absolute Gasteiger partial charge is 0.274 e. The molecule has 116 valence electrons. The fourth-order valence-corrected chi connectivity index (χ4v) is 2.79. The van der Waals surface area contributed by atoms with E-state index in [1.165, 1.54) is 5.56 Å². The molecule has 1 aromatic carbocycles. The van der Waals surface area contributed by atoms with Crippen LogP contribution in [0.15, 0.2) is 36.4 Å². The molecule has 2 heterocycles. The predicted molar refractivity (Wildman–Crippen MR) is 83.7 cm³/mol.